The zero-order valence-corrected chi connectivity index (χ0v) is 35.4. The molecule has 0 aromatic heterocycles. The molecule has 0 radical (unpaired) electrons. The topological polar surface area (TPSA) is 212 Å². The van der Waals surface area contributed by atoms with Crippen molar-refractivity contribution in [3.8, 4) is 0 Å². The average Bonchev–Trinajstić information content (AvgIpc) is 3.16. The van der Waals surface area contributed by atoms with Crippen LogP contribution >= 0.6 is 0 Å². The molecule has 56 heavy (non-hydrogen) atoms. The van der Waals surface area contributed by atoms with Crippen molar-refractivity contribution in [3.63, 3.8) is 0 Å². The SMILES string of the molecule is CCCC/C=C\CCCCCCC(O)C(=O)NC(COC1OC(CO)C(O)C(OS(=O)(=O)O)C1O)C(O)/C=C/CCCCCCCCCCCCCCCCC. The summed E-state index contributed by atoms with van der Waals surface area (Å²) in [5, 5.41) is 55.0. The van der Waals surface area contributed by atoms with Gasteiger partial charge in [-0.1, -0.05) is 160 Å². The number of hydrogen-bond acceptors (Lipinski definition) is 11. The van der Waals surface area contributed by atoms with E-state index in [4.69, 9.17) is 14.0 Å². The number of amides is 1. The van der Waals surface area contributed by atoms with Crippen LogP contribution in [-0.4, -0.2) is 107 Å². The fourth-order valence-electron chi connectivity index (χ4n) is 6.79. The van der Waals surface area contributed by atoms with Gasteiger partial charge < -0.3 is 40.3 Å². The molecule has 1 heterocycles. The molecule has 1 fully saturated rings. The fourth-order valence-corrected chi connectivity index (χ4v) is 7.30. The number of unbranched alkanes of at least 4 members (excludes halogenated alkanes) is 21. The van der Waals surface area contributed by atoms with E-state index in [-0.39, 0.29) is 6.42 Å². The van der Waals surface area contributed by atoms with Crippen molar-refractivity contribution in [1.82, 2.24) is 5.32 Å². The second kappa shape index (κ2) is 33.4. The highest BCUT2D eigenvalue weighted by atomic mass is 32.3. The van der Waals surface area contributed by atoms with Crippen molar-refractivity contribution in [2.24, 2.45) is 0 Å². The van der Waals surface area contributed by atoms with Crippen molar-refractivity contribution in [2.75, 3.05) is 13.2 Å². The van der Waals surface area contributed by atoms with Gasteiger partial charge in [-0.05, 0) is 38.5 Å². The summed E-state index contributed by atoms with van der Waals surface area (Å²) in [5.41, 5.74) is 0. The maximum atomic E-state index is 13.0. The minimum Gasteiger partial charge on any atom is -0.394 e. The van der Waals surface area contributed by atoms with Crippen molar-refractivity contribution in [3.05, 3.63) is 24.3 Å². The van der Waals surface area contributed by atoms with E-state index < -0.39 is 78.5 Å². The van der Waals surface area contributed by atoms with Crippen molar-refractivity contribution in [2.45, 2.75) is 223 Å². The molecule has 14 heteroatoms. The Balaban J connectivity index is 2.63. The first-order chi connectivity index (χ1) is 26.9. The molecule has 0 aromatic rings. The van der Waals surface area contributed by atoms with E-state index in [0.717, 1.165) is 51.4 Å². The van der Waals surface area contributed by atoms with E-state index in [9.17, 15) is 38.7 Å². The number of aliphatic hydroxyl groups is 5. The number of nitrogens with one attached hydrogen (secondary N) is 1. The highest BCUT2D eigenvalue weighted by Gasteiger charge is 2.48. The fraction of sp³-hybridized carbons (Fsp3) is 0.881. The molecule has 13 nitrogen and oxygen atoms in total. The number of carbonyl (C=O) groups excluding carboxylic acids is 1. The Kier molecular flexibility index (Phi) is 31.3. The molecule has 0 saturated carbocycles. The van der Waals surface area contributed by atoms with Crippen LogP contribution in [0.15, 0.2) is 24.3 Å². The lowest BCUT2D eigenvalue weighted by Gasteiger charge is -2.41. The molecule has 0 bridgehead atoms. The Labute approximate surface area is 338 Å². The molecular formula is C42H79NO12S. The maximum Gasteiger partial charge on any atom is 0.397 e. The van der Waals surface area contributed by atoms with Crippen LogP contribution in [0.25, 0.3) is 0 Å². The zero-order valence-electron chi connectivity index (χ0n) is 34.6. The van der Waals surface area contributed by atoms with E-state index in [1.807, 2.05) is 6.08 Å². The molecule has 1 aliphatic rings. The summed E-state index contributed by atoms with van der Waals surface area (Å²) in [6, 6.07) is -1.12. The summed E-state index contributed by atoms with van der Waals surface area (Å²) in [6.45, 7) is 3.14. The molecule has 330 valence electrons. The molecule has 1 rings (SSSR count). The van der Waals surface area contributed by atoms with Crippen molar-refractivity contribution >= 4 is 16.3 Å². The minimum absolute atomic E-state index is 0.228. The largest absolute Gasteiger partial charge is 0.397 e. The van der Waals surface area contributed by atoms with Gasteiger partial charge in [0.05, 0.1) is 25.4 Å². The van der Waals surface area contributed by atoms with E-state index >= 15 is 0 Å². The average molecular weight is 822 g/mol. The Hall–Kier alpha value is -1.46. The van der Waals surface area contributed by atoms with Gasteiger partial charge in [-0.3, -0.25) is 9.35 Å². The minimum atomic E-state index is -5.11. The first kappa shape index (κ1) is 52.6. The molecule has 0 aliphatic carbocycles. The van der Waals surface area contributed by atoms with Crippen molar-refractivity contribution < 1.29 is 57.0 Å². The Morgan fingerprint density at radius 2 is 1.20 bits per heavy atom. The van der Waals surface area contributed by atoms with Gasteiger partial charge in [0.15, 0.2) is 6.29 Å². The maximum absolute atomic E-state index is 13.0. The van der Waals surface area contributed by atoms with Crippen LogP contribution in [0.5, 0.6) is 0 Å². The van der Waals surface area contributed by atoms with Gasteiger partial charge in [-0.15, -0.1) is 0 Å². The number of rotatable bonds is 36. The Morgan fingerprint density at radius 1 is 0.714 bits per heavy atom. The highest BCUT2D eigenvalue weighted by molar-refractivity contribution is 7.80. The summed E-state index contributed by atoms with van der Waals surface area (Å²) in [4.78, 5) is 13.0. The third kappa shape index (κ3) is 25.8. The van der Waals surface area contributed by atoms with Gasteiger partial charge in [0.1, 0.15) is 30.5 Å². The molecular weight excluding hydrogens is 743 g/mol. The number of carbonyl (C=O) groups is 1. The molecule has 0 aromatic carbocycles. The summed E-state index contributed by atoms with van der Waals surface area (Å²) >= 11 is 0. The van der Waals surface area contributed by atoms with Crippen molar-refractivity contribution in [1.29, 1.82) is 0 Å². The van der Waals surface area contributed by atoms with Crippen LogP contribution < -0.4 is 5.32 Å². The predicted octanol–water partition coefficient (Wildman–Crippen LogP) is 6.74. The number of hydrogen-bond donors (Lipinski definition) is 7. The molecule has 8 atom stereocenters. The van der Waals surface area contributed by atoms with Gasteiger partial charge in [0.25, 0.3) is 0 Å². The monoisotopic (exact) mass is 822 g/mol. The Bertz CT molecular complexity index is 1120. The normalized spacial score (nSPS) is 22.2. The number of allylic oxidation sites excluding steroid dienone is 3. The molecule has 1 aliphatic heterocycles. The number of ether oxygens (including phenoxy) is 2. The molecule has 1 saturated heterocycles. The summed E-state index contributed by atoms with van der Waals surface area (Å²) in [6.07, 6.45) is 24.2. The zero-order chi connectivity index (χ0) is 41.4. The standard InChI is InChI=1S/C42H79NO12S/c1-3-5-7-9-11-13-15-16-17-18-19-20-21-23-24-26-28-30-35(45)34(43-41(49)36(46)31-29-27-25-22-14-12-10-8-6-4-2)33-53-42-39(48)40(55-56(50,51)52)38(47)37(32-44)54-42/h10,12,28,30,34-40,42,44-48H,3-9,11,13-27,29,31-33H2,1-2H3,(H,43,49)(H,50,51,52)/b12-10-,30-28+. The van der Waals surface area contributed by atoms with E-state index in [2.05, 4.69) is 35.5 Å². The lowest BCUT2D eigenvalue weighted by atomic mass is 9.99. The molecule has 0 spiro atoms. The lowest BCUT2D eigenvalue weighted by molar-refractivity contribution is -0.298. The number of aliphatic hydroxyl groups excluding tert-OH is 5. The van der Waals surface area contributed by atoms with E-state index in [1.54, 1.807) is 0 Å². The second-order valence-corrected chi connectivity index (χ2v) is 16.5. The van der Waals surface area contributed by atoms with E-state index in [1.165, 1.54) is 96.0 Å². The molecule has 7 N–H and O–H groups in total. The van der Waals surface area contributed by atoms with Gasteiger partial charge in [-0.2, -0.15) is 8.42 Å². The first-order valence-electron chi connectivity index (χ1n) is 21.8. The smallest absolute Gasteiger partial charge is 0.394 e. The van der Waals surface area contributed by atoms with Gasteiger partial charge in [0, 0.05) is 0 Å². The highest BCUT2D eigenvalue weighted by Crippen LogP contribution is 2.26. The third-order valence-electron chi connectivity index (χ3n) is 10.3. The van der Waals surface area contributed by atoms with Gasteiger partial charge in [-0.25, -0.2) is 4.18 Å². The van der Waals surface area contributed by atoms with Crippen LogP contribution in [-0.2, 0) is 28.9 Å². The van der Waals surface area contributed by atoms with Gasteiger partial charge in [0.2, 0.25) is 5.91 Å². The van der Waals surface area contributed by atoms with E-state index in [0.29, 0.717) is 12.8 Å². The summed E-state index contributed by atoms with van der Waals surface area (Å²) < 4.78 is 47.4. The van der Waals surface area contributed by atoms with Crippen LogP contribution in [0.4, 0.5) is 0 Å². The quantitative estimate of drug-likeness (QED) is 0.0199. The van der Waals surface area contributed by atoms with Crippen LogP contribution in [0.2, 0.25) is 0 Å². The summed E-state index contributed by atoms with van der Waals surface area (Å²) in [5.74, 6) is -0.714. The van der Waals surface area contributed by atoms with Crippen LogP contribution in [0.1, 0.15) is 174 Å². The van der Waals surface area contributed by atoms with Gasteiger partial charge >= 0.3 is 10.4 Å². The Morgan fingerprint density at radius 3 is 1.71 bits per heavy atom. The van der Waals surface area contributed by atoms with Crippen LogP contribution in [0, 0.1) is 0 Å². The lowest BCUT2D eigenvalue weighted by Crippen LogP contribution is -2.61. The van der Waals surface area contributed by atoms with Crippen LogP contribution in [0.3, 0.4) is 0 Å². The second-order valence-electron chi connectivity index (χ2n) is 15.4. The third-order valence-corrected chi connectivity index (χ3v) is 10.8. The molecule has 1 amide bonds. The predicted molar refractivity (Wildman–Crippen MR) is 219 cm³/mol. The summed E-state index contributed by atoms with van der Waals surface area (Å²) in [7, 11) is -5.11. The molecule has 8 unspecified atom stereocenters. The first-order valence-corrected chi connectivity index (χ1v) is 23.2.